The average molecular weight is 408 g/mol. The van der Waals surface area contributed by atoms with Crippen molar-refractivity contribution in [2.75, 3.05) is 0 Å². The number of pyridine rings is 1. The molecule has 3 heterocycles. The van der Waals surface area contributed by atoms with E-state index in [-0.39, 0.29) is 0 Å². The molecule has 3 aromatic heterocycles. The summed E-state index contributed by atoms with van der Waals surface area (Å²) in [7, 11) is 0. The van der Waals surface area contributed by atoms with Crippen LogP contribution in [0.1, 0.15) is 29.6 Å². The van der Waals surface area contributed by atoms with Crippen molar-refractivity contribution in [3.63, 3.8) is 0 Å². The summed E-state index contributed by atoms with van der Waals surface area (Å²) in [5, 5.41) is 13.2. The third-order valence-electron chi connectivity index (χ3n) is 4.32. The minimum Gasteiger partial charge on any atom is -0.270 e. The molecule has 7 heteroatoms. The molecular formula is C21H21N5S2. The maximum atomic E-state index is 4.73. The Bertz CT molecular complexity index is 1060. The molecule has 0 spiro atoms. The van der Waals surface area contributed by atoms with Crippen molar-refractivity contribution in [1.29, 1.82) is 0 Å². The first-order valence-electron chi connectivity index (χ1n) is 9.24. The van der Waals surface area contributed by atoms with E-state index in [0.29, 0.717) is 0 Å². The molecule has 1 aromatic carbocycles. The third kappa shape index (κ3) is 4.00. The van der Waals surface area contributed by atoms with Gasteiger partial charge in [-0.25, -0.2) is 4.98 Å². The van der Waals surface area contributed by atoms with Gasteiger partial charge in [-0.1, -0.05) is 36.9 Å². The highest BCUT2D eigenvalue weighted by molar-refractivity contribution is 7.98. The molecule has 0 bridgehead atoms. The smallest absolute Gasteiger partial charge is 0.196 e. The lowest BCUT2D eigenvalue weighted by molar-refractivity contribution is 0.878. The van der Waals surface area contributed by atoms with Crippen LogP contribution in [-0.4, -0.2) is 24.7 Å². The highest BCUT2D eigenvalue weighted by Gasteiger charge is 2.18. The Kier molecular flexibility index (Phi) is 5.83. The summed E-state index contributed by atoms with van der Waals surface area (Å²) in [4.78, 5) is 8.97. The standard InChI is InChI=1S/C21H21N5S2/c1-3-7-19-23-17(13-27-19)14-28-21-25-24-20(16-9-6-11-22-12-16)26(21)18-10-5-4-8-15(18)2/h4-6,8-13H,3,7,14H2,1-2H3. The van der Waals surface area contributed by atoms with E-state index in [0.717, 1.165) is 46.5 Å². The highest BCUT2D eigenvalue weighted by Crippen LogP contribution is 2.31. The molecule has 0 fully saturated rings. The van der Waals surface area contributed by atoms with Crippen molar-refractivity contribution in [2.45, 2.75) is 37.6 Å². The fourth-order valence-electron chi connectivity index (χ4n) is 2.96. The number of benzene rings is 1. The Morgan fingerprint density at radius 1 is 1.11 bits per heavy atom. The molecule has 0 radical (unpaired) electrons. The summed E-state index contributed by atoms with van der Waals surface area (Å²) in [5.41, 5.74) is 4.30. The van der Waals surface area contributed by atoms with E-state index in [9.17, 15) is 0 Å². The molecule has 0 saturated carbocycles. The van der Waals surface area contributed by atoms with Gasteiger partial charge in [0.15, 0.2) is 11.0 Å². The largest absolute Gasteiger partial charge is 0.270 e. The van der Waals surface area contributed by atoms with E-state index >= 15 is 0 Å². The Morgan fingerprint density at radius 3 is 2.79 bits per heavy atom. The van der Waals surface area contributed by atoms with Gasteiger partial charge in [-0.2, -0.15) is 0 Å². The second-order valence-corrected chi connectivity index (χ2v) is 8.33. The number of aryl methyl sites for hydroxylation is 2. The molecule has 4 rings (SSSR count). The van der Waals surface area contributed by atoms with E-state index in [4.69, 9.17) is 4.98 Å². The van der Waals surface area contributed by atoms with Crippen molar-refractivity contribution < 1.29 is 0 Å². The summed E-state index contributed by atoms with van der Waals surface area (Å²) in [6.45, 7) is 4.29. The van der Waals surface area contributed by atoms with E-state index in [2.05, 4.69) is 51.1 Å². The Morgan fingerprint density at radius 2 is 2.00 bits per heavy atom. The predicted molar refractivity (Wildman–Crippen MR) is 115 cm³/mol. The molecule has 4 aromatic rings. The Balaban J connectivity index is 1.69. The van der Waals surface area contributed by atoms with Crippen LogP contribution in [0.25, 0.3) is 17.1 Å². The minimum atomic E-state index is 0.775. The number of hydrogen-bond acceptors (Lipinski definition) is 6. The van der Waals surface area contributed by atoms with Crippen LogP contribution in [0.3, 0.4) is 0 Å². The predicted octanol–water partition coefficient (Wildman–Crippen LogP) is 5.34. The second-order valence-electron chi connectivity index (χ2n) is 6.44. The van der Waals surface area contributed by atoms with Gasteiger partial charge in [-0.05, 0) is 43.5 Å². The van der Waals surface area contributed by atoms with Gasteiger partial charge in [0.1, 0.15) is 0 Å². The Hall–Kier alpha value is -2.51. The van der Waals surface area contributed by atoms with E-state index < -0.39 is 0 Å². The number of para-hydroxylation sites is 1. The zero-order valence-electron chi connectivity index (χ0n) is 15.9. The number of hydrogen-bond donors (Lipinski definition) is 0. The number of nitrogens with zero attached hydrogens (tertiary/aromatic N) is 5. The van der Waals surface area contributed by atoms with Crippen molar-refractivity contribution >= 4 is 23.1 Å². The van der Waals surface area contributed by atoms with Gasteiger partial charge < -0.3 is 0 Å². The normalized spacial score (nSPS) is 11.1. The lowest BCUT2D eigenvalue weighted by Gasteiger charge is -2.12. The summed E-state index contributed by atoms with van der Waals surface area (Å²) >= 11 is 3.40. The molecule has 0 aliphatic heterocycles. The highest BCUT2D eigenvalue weighted by atomic mass is 32.2. The molecule has 0 saturated heterocycles. The summed E-state index contributed by atoms with van der Waals surface area (Å²) in [6, 6.07) is 12.2. The zero-order valence-corrected chi connectivity index (χ0v) is 17.5. The first-order chi connectivity index (χ1) is 13.8. The van der Waals surface area contributed by atoms with Gasteiger partial charge in [0.25, 0.3) is 0 Å². The fraction of sp³-hybridized carbons (Fsp3) is 0.238. The van der Waals surface area contributed by atoms with Crippen LogP contribution in [0, 0.1) is 6.92 Å². The molecule has 142 valence electrons. The van der Waals surface area contributed by atoms with Crippen LogP contribution in [0.15, 0.2) is 59.3 Å². The molecule has 0 N–H and O–H groups in total. The van der Waals surface area contributed by atoms with Crippen LogP contribution in [0.5, 0.6) is 0 Å². The number of rotatable bonds is 7. The van der Waals surface area contributed by atoms with E-state index in [1.807, 2.05) is 30.5 Å². The third-order valence-corrected chi connectivity index (χ3v) is 6.24. The molecule has 5 nitrogen and oxygen atoms in total. The number of thiazole rings is 1. The molecular weight excluding hydrogens is 386 g/mol. The molecule has 0 amide bonds. The van der Waals surface area contributed by atoms with Crippen LogP contribution >= 0.6 is 23.1 Å². The SMILES string of the molecule is CCCc1nc(CSc2nnc(-c3cccnc3)n2-c2ccccc2C)cs1. The van der Waals surface area contributed by atoms with Gasteiger partial charge >= 0.3 is 0 Å². The Labute approximate surface area is 172 Å². The van der Waals surface area contributed by atoms with Crippen molar-refractivity contribution in [1.82, 2.24) is 24.7 Å². The molecule has 0 atom stereocenters. The van der Waals surface area contributed by atoms with Gasteiger partial charge in [0.05, 0.1) is 16.4 Å². The van der Waals surface area contributed by atoms with Gasteiger partial charge in [0.2, 0.25) is 0 Å². The lowest BCUT2D eigenvalue weighted by Crippen LogP contribution is -2.02. The van der Waals surface area contributed by atoms with Gasteiger partial charge in [0, 0.05) is 29.1 Å². The monoisotopic (exact) mass is 407 g/mol. The van der Waals surface area contributed by atoms with Crippen molar-refractivity contribution in [3.8, 4) is 17.1 Å². The summed E-state index contributed by atoms with van der Waals surface area (Å²) < 4.78 is 2.12. The molecule has 0 aliphatic carbocycles. The van der Waals surface area contributed by atoms with E-state index in [1.54, 1.807) is 29.3 Å². The van der Waals surface area contributed by atoms with Crippen LogP contribution in [-0.2, 0) is 12.2 Å². The van der Waals surface area contributed by atoms with Gasteiger partial charge in [-0.15, -0.1) is 21.5 Å². The maximum Gasteiger partial charge on any atom is 0.196 e. The summed E-state index contributed by atoms with van der Waals surface area (Å²) in [6.07, 6.45) is 5.75. The number of thioether (sulfide) groups is 1. The van der Waals surface area contributed by atoms with Crippen LogP contribution in [0.2, 0.25) is 0 Å². The topological polar surface area (TPSA) is 56.5 Å². The average Bonchev–Trinajstić information content (AvgIpc) is 3.34. The molecule has 0 unspecified atom stereocenters. The maximum absolute atomic E-state index is 4.73. The molecule has 28 heavy (non-hydrogen) atoms. The summed E-state index contributed by atoms with van der Waals surface area (Å²) in [5.74, 6) is 1.58. The zero-order chi connectivity index (χ0) is 19.3. The quantitative estimate of drug-likeness (QED) is 0.387. The first-order valence-corrected chi connectivity index (χ1v) is 11.1. The first kappa shape index (κ1) is 18.8. The number of aromatic nitrogens is 5. The van der Waals surface area contributed by atoms with Gasteiger partial charge in [-0.3, -0.25) is 9.55 Å². The van der Waals surface area contributed by atoms with Crippen LogP contribution in [0.4, 0.5) is 0 Å². The lowest BCUT2D eigenvalue weighted by atomic mass is 10.2. The van der Waals surface area contributed by atoms with Crippen LogP contribution < -0.4 is 0 Å². The minimum absolute atomic E-state index is 0.775. The fourth-order valence-corrected chi connectivity index (χ4v) is 4.80. The second kappa shape index (κ2) is 8.67. The van der Waals surface area contributed by atoms with E-state index in [1.165, 1.54) is 10.6 Å². The van der Waals surface area contributed by atoms with Crippen molar-refractivity contribution in [3.05, 3.63) is 70.4 Å². The molecule has 0 aliphatic rings. The van der Waals surface area contributed by atoms with Crippen molar-refractivity contribution in [2.24, 2.45) is 0 Å².